The smallest absolute Gasteiger partial charge is 0.311 e. The van der Waals surface area contributed by atoms with Crippen LogP contribution in [0.4, 0.5) is 0 Å². The van der Waals surface area contributed by atoms with E-state index in [0.717, 1.165) is 12.8 Å². The van der Waals surface area contributed by atoms with Crippen LogP contribution in [0.15, 0.2) is 0 Å². The lowest BCUT2D eigenvalue weighted by atomic mass is 9.89. The summed E-state index contributed by atoms with van der Waals surface area (Å²) in [6.45, 7) is 3.73. The molecule has 3 rings (SSSR count). The average molecular weight is 242 g/mol. The first kappa shape index (κ1) is 11.4. The maximum atomic E-state index is 11.8. The van der Waals surface area contributed by atoms with E-state index in [1.807, 2.05) is 6.92 Å². The van der Waals surface area contributed by atoms with Crippen molar-refractivity contribution in [2.45, 2.75) is 44.2 Å². The predicted octanol–water partition coefficient (Wildman–Crippen LogP) is 0.511. The number of carbonyl (C=O) groups is 1. The minimum absolute atomic E-state index is 0.0515. The Kier molecular flexibility index (Phi) is 3.06. The molecule has 96 valence electrons. The van der Waals surface area contributed by atoms with Crippen molar-refractivity contribution in [2.75, 3.05) is 19.8 Å². The molecular weight excluding hydrogens is 224 g/mol. The molecule has 0 N–H and O–H groups in total. The number of ether oxygens (including phenoxy) is 4. The third kappa shape index (κ3) is 2.07. The fourth-order valence-corrected chi connectivity index (χ4v) is 2.77. The summed E-state index contributed by atoms with van der Waals surface area (Å²) in [5, 5.41) is 0. The van der Waals surface area contributed by atoms with Crippen molar-refractivity contribution in [1.29, 1.82) is 0 Å². The summed E-state index contributed by atoms with van der Waals surface area (Å²) >= 11 is 0. The second-order valence-corrected chi connectivity index (χ2v) is 4.76. The van der Waals surface area contributed by atoms with Gasteiger partial charge in [0.05, 0.1) is 18.6 Å². The molecule has 0 aromatic rings. The summed E-state index contributed by atoms with van der Waals surface area (Å²) in [5.74, 6) is -0.251. The van der Waals surface area contributed by atoms with E-state index in [1.54, 1.807) is 0 Å². The largest absolute Gasteiger partial charge is 0.465 e. The first-order valence-electron chi connectivity index (χ1n) is 6.36. The second-order valence-electron chi connectivity index (χ2n) is 4.76. The summed E-state index contributed by atoms with van der Waals surface area (Å²) in [5.41, 5.74) is 0. The molecule has 5 heteroatoms. The maximum absolute atomic E-state index is 11.8. The van der Waals surface area contributed by atoms with Crippen LogP contribution in [0.5, 0.6) is 0 Å². The van der Waals surface area contributed by atoms with E-state index in [-0.39, 0.29) is 36.3 Å². The van der Waals surface area contributed by atoms with E-state index in [1.165, 1.54) is 0 Å². The minimum Gasteiger partial charge on any atom is -0.465 e. The Morgan fingerprint density at radius 3 is 2.82 bits per heavy atom. The van der Waals surface area contributed by atoms with E-state index in [9.17, 15) is 4.79 Å². The number of hydrogen-bond donors (Lipinski definition) is 0. The highest BCUT2D eigenvalue weighted by Crippen LogP contribution is 2.51. The van der Waals surface area contributed by atoms with Crippen LogP contribution in [0.1, 0.15) is 19.8 Å². The molecular formula is C12H18O5. The molecule has 3 aliphatic rings. The third-order valence-corrected chi connectivity index (χ3v) is 3.65. The number of esters is 1. The van der Waals surface area contributed by atoms with E-state index in [2.05, 4.69) is 0 Å². The van der Waals surface area contributed by atoms with Gasteiger partial charge in [-0.25, -0.2) is 0 Å². The summed E-state index contributed by atoms with van der Waals surface area (Å²) in [6.07, 6.45) is 2.02. The topological polar surface area (TPSA) is 57.3 Å². The van der Waals surface area contributed by atoms with Crippen LogP contribution in [0.25, 0.3) is 0 Å². The molecule has 0 saturated carbocycles. The van der Waals surface area contributed by atoms with Crippen molar-refractivity contribution in [3.05, 3.63) is 0 Å². The van der Waals surface area contributed by atoms with Crippen LogP contribution in [0.2, 0.25) is 0 Å². The summed E-state index contributed by atoms with van der Waals surface area (Å²) in [7, 11) is 0. The van der Waals surface area contributed by atoms with E-state index in [4.69, 9.17) is 18.9 Å². The Balaban J connectivity index is 1.39. The second kappa shape index (κ2) is 4.55. The predicted molar refractivity (Wildman–Crippen MR) is 57.5 cm³/mol. The summed E-state index contributed by atoms with van der Waals surface area (Å²) in [6, 6.07) is 0. The van der Waals surface area contributed by atoms with Crippen molar-refractivity contribution < 1.29 is 23.7 Å². The van der Waals surface area contributed by atoms with Crippen molar-refractivity contribution >= 4 is 5.97 Å². The van der Waals surface area contributed by atoms with Crippen molar-refractivity contribution in [3.8, 4) is 0 Å². The number of hydrogen-bond acceptors (Lipinski definition) is 5. The highest BCUT2D eigenvalue weighted by atomic mass is 16.7. The first-order chi connectivity index (χ1) is 8.31. The Morgan fingerprint density at radius 1 is 1.24 bits per heavy atom. The molecule has 3 fully saturated rings. The summed E-state index contributed by atoms with van der Waals surface area (Å²) < 4.78 is 21.5. The van der Waals surface area contributed by atoms with Gasteiger partial charge < -0.3 is 18.9 Å². The molecule has 5 atom stereocenters. The van der Waals surface area contributed by atoms with Crippen LogP contribution >= 0.6 is 0 Å². The molecule has 3 heterocycles. The van der Waals surface area contributed by atoms with Crippen LogP contribution in [-0.2, 0) is 23.7 Å². The molecule has 3 aliphatic heterocycles. The zero-order chi connectivity index (χ0) is 11.8. The lowest BCUT2D eigenvalue weighted by Gasteiger charge is -2.15. The van der Waals surface area contributed by atoms with Gasteiger partial charge in [-0.05, 0) is 13.3 Å². The van der Waals surface area contributed by atoms with Crippen LogP contribution in [0.3, 0.4) is 0 Å². The molecule has 5 nitrogen and oxygen atoms in total. The molecule has 0 radical (unpaired) electrons. The molecule has 0 spiro atoms. The molecule has 0 amide bonds. The molecule has 2 bridgehead atoms. The van der Waals surface area contributed by atoms with E-state index >= 15 is 0 Å². The number of fused-ring (bicyclic) bond motifs is 5. The molecule has 0 aliphatic carbocycles. The van der Waals surface area contributed by atoms with Crippen LogP contribution in [-0.4, -0.2) is 50.2 Å². The average Bonchev–Trinajstić information content (AvgIpc) is 2.94. The molecule has 0 aromatic carbocycles. The maximum Gasteiger partial charge on any atom is 0.311 e. The van der Waals surface area contributed by atoms with E-state index in [0.29, 0.717) is 19.8 Å². The molecule has 0 aromatic heterocycles. The highest BCUT2D eigenvalue weighted by Gasteiger charge is 2.66. The van der Waals surface area contributed by atoms with Gasteiger partial charge in [0, 0.05) is 19.6 Å². The highest BCUT2D eigenvalue weighted by molar-refractivity contribution is 5.74. The van der Waals surface area contributed by atoms with Gasteiger partial charge in [-0.2, -0.15) is 0 Å². The number of carbonyl (C=O) groups excluding carboxylic acids is 1. The van der Waals surface area contributed by atoms with Crippen molar-refractivity contribution in [1.82, 2.24) is 0 Å². The van der Waals surface area contributed by atoms with Gasteiger partial charge in [0.2, 0.25) is 0 Å². The third-order valence-electron chi connectivity index (χ3n) is 3.65. The SMILES string of the molecule is CCOCCCOC(=O)C1CC2OC1C1OC21. The standard InChI is InChI=1S/C12H18O5/c1-2-14-4-3-5-15-12(13)7-6-8-10-11(17-10)9(7)16-8/h7-11H,2-6H2,1H3. The Labute approximate surface area is 100 Å². The van der Waals surface area contributed by atoms with Gasteiger partial charge in [-0.1, -0.05) is 0 Å². The number of rotatable bonds is 6. The van der Waals surface area contributed by atoms with Crippen LogP contribution in [0, 0.1) is 5.92 Å². The van der Waals surface area contributed by atoms with Gasteiger partial charge in [0.25, 0.3) is 0 Å². The van der Waals surface area contributed by atoms with Gasteiger partial charge in [0.15, 0.2) is 0 Å². The fraction of sp³-hybridized carbons (Fsp3) is 0.917. The summed E-state index contributed by atoms with van der Waals surface area (Å²) in [4.78, 5) is 11.8. The normalized spacial score (nSPS) is 41.4. The lowest BCUT2D eigenvalue weighted by Crippen LogP contribution is -2.32. The van der Waals surface area contributed by atoms with Gasteiger partial charge in [0.1, 0.15) is 18.3 Å². The Bertz CT molecular complexity index is 305. The molecule has 17 heavy (non-hydrogen) atoms. The lowest BCUT2D eigenvalue weighted by molar-refractivity contribution is -0.151. The van der Waals surface area contributed by atoms with E-state index < -0.39 is 0 Å². The van der Waals surface area contributed by atoms with Gasteiger partial charge in [-0.3, -0.25) is 4.79 Å². The Morgan fingerprint density at radius 2 is 2.12 bits per heavy atom. The monoisotopic (exact) mass is 242 g/mol. The number of epoxide rings is 1. The van der Waals surface area contributed by atoms with Crippen LogP contribution < -0.4 is 0 Å². The van der Waals surface area contributed by atoms with Gasteiger partial charge >= 0.3 is 5.97 Å². The zero-order valence-corrected chi connectivity index (χ0v) is 9.96. The quantitative estimate of drug-likeness (QED) is 0.386. The Hall–Kier alpha value is -0.650. The van der Waals surface area contributed by atoms with Crippen molar-refractivity contribution in [3.63, 3.8) is 0 Å². The molecule has 3 saturated heterocycles. The minimum atomic E-state index is -0.136. The van der Waals surface area contributed by atoms with Crippen molar-refractivity contribution in [2.24, 2.45) is 5.92 Å². The fourth-order valence-electron chi connectivity index (χ4n) is 2.77. The molecule has 5 unspecified atom stereocenters. The zero-order valence-electron chi connectivity index (χ0n) is 9.96. The van der Waals surface area contributed by atoms with Gasteiger partial charge in [-0.15, -0.1) is 0 Å². The first-order valence-corrected chi connectivity index (χ1v) is 6.36.